The van der Waals surface area contributed by atoms with Crippen LogP contribution in [0.4, 0.5) is 0 Å². The topological polar surface area (TPSA) is 50.1 Å². The molecular weight excluding hydrogens is 246 g/mol. The van der Waals surface area contributed by atoms with Gasteiger partial charge < -0.3 is 4.74 Å². The molecule has 16 heavy (non-hydrogen) atoms. The van der Waals surface area contributed by atoms with Crippen molar-refractivity contribution in [3.05, 3.63) is 28.3 Å². The molecule has 0 bridgehead atoms. The summed E-state index contributed by atoms with van der Waals surface area (Å²) in [6, 6.07) is 5.13. The van der Waals surface area contributed by atoms with E-state index in [2.05, 4.69) is 12.6 Å². The molecule has 1 rings (SSSR count). The summed E-state index contributed by atoms with van der Waals surface area (Å²) in [7, 11) is 0. The normalized spacial score (nSPS) is 9.62. The number of hydrogen-bond donors (Lipinski definition) is 1. The third-order valence-corrected chi connectivity index (χ3v) is 2.84. The second kappa shape index (κ2) is 5.78. The number of esters is 1. The van der Waals surface area contributed by atoms with Crippen LogP contribution in [0.15, 0.2) is 17.0 Å². The molecule has 0 aromatic heterocycles. The third-order valence-electron chi connectivity index (χ3n) is 1.97. The molecule has 0 fully saturated rings. The lowest BCUT2D eigenvalue weighted by atomic mass is 10.1. The monoisotopic (exact) mass is 255 g/mol. The van der Waals surface area contributed by atoms with Crippen molar-refractivity contribution in [1.82, 2.24) is 0 Å². The van der Waals surface area contributed by atoms with E-state index in [1.807, 2.05) is 6.07 Å². The van der Waals surface area contributed by atoms with Crippen molar-refractivity contribution in [2.75, 3.05) is 6.61 Å². The largest absolute Gasteiger partial charge is 0.466 e. The molecule has 0 amide bonds. The summed E-state index contributed by atoms with van der Waals surface area (Å²) in [5.41, 5.74) is 0.925. The number of thiol groups is 1. The zero-order valence-corrected chi connectivity index (χ0v) is 10.3. The highest BCUT2D eigenvalue weighted by molar-refractivity contribution is 7.80. The van der Waals surface area contributed by atoms with Gasteiger partial charge in [0.15, 0.2) is 0 Å². The van der Waals surface area contributed by atoms with Gasteiger partial charge in [-0.3, -0.25) is 4.79 Å². The Hall–Kier alpha value is -1.18. The van der Waals surface area contributed by atoms with Crippen LogP contribution in [0, 0.1) is 11.3 Å². The Labute approximate surface area is 104 Å². The lowest BCUT2D eigenvalue weighted by Crippen LogP contribution is -2.09. The van der Waals surface area contributed by atoms with E-state index < -0.39 is 0 Å². The van der Waals surface area contributed by atoms with Crippen LogP contribution in [0.5, 0.6) is 0 Å². The Kier molecular flexibility index (Phi) is 4.66. The molecule has 0 heterocycles. The number of halogens is 1. The van der Waals surface area contributed by atoms with Gasteiger partial charge in [0.1, 0.15) is 6.07 Å². The maximum Gasteiger partial charge on any atom is 0.310 e. The summed E-state index contributed by atoms with van der Waals surface area (Å²) in [5.74, 6) is -0.380. The van der Waals surface area contributed by atoms with Gasteiger partial charge in [-0.15, -0.1) is 12.6 Å². The predicted molar refractivity (Wildman–Crippen MR) is 63.8 cm³/mol. The molecule has 1 aromatic carbocycles. The Bertz CT molecular complexity index is 454. The summed E-state index contributed by atoms with van der Waals surface area (Å²) >= 11 is 10.1. The molecule has 0 atom stereocenters. The van der Waals surface area contributed by atoms with Gasteiger partial charge in [0.05, 0.1) is 18.6 Å². The van der Waals surface area contributed by atoms with Gasteiger partial charge in [-0.2, -0.15) is 5.26 Å². The average Bonchev–Trinajstić information content (AvgIpc) is 2.25. The number of rotatable bonds is 3. The van der Waals surface area contributed by atoms with Crippen molar-refractivity contribution in [3.63, 3.8) is 0 Å². The van der Waals surface area contributed by atoms with Crippen LogP contribution >= 0.6 is 24.2 Å². The van der Waals surface area contributed by atoms with Gasteiger partial charge in [0.25, 0.3) is 0 Å². The van der Waals surface area contributed by atoms with E-state index in [9.17, 15) is 4.79 Å². The Morgan fingerprint density at radius 1 is 1.62 bits per heavy atom. The van der Waals surface area contributed by atoms with E-state index in [0.29, 0.717) is 27.7 Å². The van der Waals surface area contributed by atoms with Crippen LogP contribution in [-0.2, 0) is 16.0 Å². The first-order valence-corrected chi connectivity index (χ1v) is 5.48. The Balaban J connectivity index is 3.04. The summed E-state index contributed by atoms with van der Waals surface area (Å²) in [6.45, 7) is 2.04. The molecule has 0 saturated heterocycles. The molecule has 0 saturated carbocycles. The van der Waals surface area contributed by atoms with Crippen LogP contribution in [0.1, 0.15) is 18.1 Å². The first-order valence-electron chi connectivity index (χ1n) is 4.66. The molecule has 0 spiro atoms. The molecule has 0 aliphatic carbocycles. The summed E-state index contributed by atoms with van der Waals surface area (Å²) in [5, 5.41) is 9.23. The smallest absolute Gasteiger partial charge is 0.310 e. The van der Waals surface area contributed by atoms with Crippen molar-refractivity contribution in [3.8, 4) is 6.07 Å². The van der Waals surface area contributed by atoms with E-state index in [0.717, 1.165) is 0 Å². The highest BCUT2D eigenvalue weighted by Gasteiger charge is 2.13. The van der Waals surface area contributed by atoms with E-state index >= 15 is 0 Å². The highest BCUT2D eigenvalue weighted by atomic mass is 35.5. The van der Waals surface area contributed by atoms with Gasteiger partial charge in [0, 0.05) is 9.92 Å². The first-order chi connectivity index (χ1) is 7.60. The summed E-state index contributed by atoms with van der Waals surface area (Å²) in [6.07, 6.45) is 0.0288. The van der Waals surface area contributed by atoms with E-state index in [4.69, 9.17) is 21.6 Å². The fraction of sp³-hybridized carbons (Fsp3) is 0.273. The van der Waals surface area contributed by atoms with Crippen LogP contribution in [0.2, 0.25) is 5.02 Å². The van der Waals surface area contributed by atoms with Gasteiger partial charge in [-0.05, 0) is 24.6 Å². The van der Waals surface area contributed by atoms with Crippen LogP contribution in [0.25, 0.3) is 0 Å². The molecule has 0 aliphatic rings. The fourth-order valence-corrected chi connectivity index (χ4v) is 1.84. The van der Waals surface area contributed by atoms with Crippen LogP contribution < -0.4 is 0 Å². The number of benzene rings is 1. The number of nitriles is 1. The second-order valence-corrected chi connectivity index (χ2v) is 3.87. The highest BCUT2D eigenvalue weighted by Crippen LogP contribution is 2.27. The average molecular weight is 256 g/mol. The van der Waals surface area contributed by atoms with Gasteiger partial charge in [-0.25, -0.2) is 0 Å². The number of nitrogens with zero attached hydrogens (tertiary/aromatic N) is 1. The van der Waals surface area contributed by atoms with Crippen molar-refractivity contribution in [2.24, 2.45) is 0 Å². The molecule has 0 aliphatic heterocycles. The molecule has 0 unspecified atom stereocenters. The minimum Gasteiger partial charge on any atom is -0.466 e. The maximum atomic E-state index is 11.3. The molecule has 3 nitrogen and oxygen atoms in total. The van der Waals surface area contributed by atoms with Crippen molar-refractivity contribution in [2.45, 2.75) is 18.2 Å². The number of carbonyl (C=O) groups excluding carboxylic acids is 1. The minimum absolute atomic E-state index is 0.0288. The molecule has 84 valence electrons. The predicted octanol–water partition coefficient (Wildman–Crippen LogP) is 2.61. The molecular formula is C11H10ClNO2S. The first kappa shape index (κ1) is 12.9. The lowest BCUT2D eigenvalue weighted by molar-refractivity contribution is -0.142. The molecule has 5 heteroatoms. The Morgan fingerprint density at radius 2 is 2.31 bits per heavy atom. The molecule has 0 radical (unpaired) electrons. The van der Waals surface area contributed by atoms with Gasteiger partial charge in [-0.1, -0.05) is 11.6 Å². The Morgan fingerprint density at radius 3 is 2.88 bits per heavy atom. The molecule has 0 N–H and O–H groups in total. The summed E-state index contributed by atoms with van der Waals surface area (Å²) < 4.78 is 4.81. The fourth-order valence-electron chi connectivity index (χ4n) is 1.23. The zero-order valence-electron chi connectivity index (χ0n) is 8.66. The van der Waals surface area contributed by atoms with Crippen molar-refractivity contribution in [1.29, 1.82) is 5.26 Å². The van der Waals surface area contributed by atoms with Crippen LogP contribution in [0.3, 0.4) is 0 Å². The zero-order chi connectivity index (χ0) is 12.1. The third kappa shape index (κ3) is 2.91. The number of hydrogen-bond acceptors (Lipinski definition) is 4. The van der Waals surface area contributed by atoms with Crippen molar-refractivity contribution < 1.29 is 9.53 Å². The van der Waals surface area contributed by atoms with E-state index in [1.54, 1.807) is 19.1 Å². The number of ether oxygens (including phenoxy) is 1. The summed E-state index contributed by atoms with van der Waals surface area (Å²) in [4.78, 5) is 11.8. The van der Waals surface area contributed by atoms with Gasteiger partial charge >= 0.3 is 5.97 Å². The van der Waals surface area contributed by atoms with E-state index in [-0.39, 0.29) is 12.4 Å². The van der Waals surface area contributed by atoms with Crippen LogP contribution in [-0.4, -0.2) is 12.6 Å². The number of carbonyl (C=O) groups is 1. The molecule has 1 aromatic rings. The van der Waals surface area contributed by atoms with E-state index in [1.165, 1.54) is 0 Å². The lowest BCUT2D eigenvalue weighted by Gasteiger charge is -2.08. The quantitative estimate of drug-likeness (QED) is 0.667. The van der Waals surface area contributed by atoms with Crippen molar-refractivity contribution >= 4 is 30.2 Å². The second-order valence-electron chi connectivity index (χ2n) is 3.02. The standard InChI is InChI=1S/C11H10ClNO2S/c1-2-15-10(14)5-8-9(12)4-3-7(6-13)11(8)16/h3-4,16H,2,5H2,1H3. The minimum atomic E-state index is -0.380. The SMILES string of the molecule is CCOC(=O)Cc1c(Cl)ccc(C#N)c1S. The van der Waals surface area contributed by atoms with Gasteiger partial charge in [0.2, 0.25) is 0 Å². The maximum absolute atomic E-state index is 11.3.